The zero-order valence-corrected chi connectivity index (χ0v) is 14.3. The molecule has 1 amide bonds. The minimum Gasteiger partial charge on any atom is -0.322 e. The average molecular weight is 348 g/mol. The summed E-state index contributed by atoms with van der Waals surface area (Å²) in [4.78, 5) is 17.0. The minimum absolute atomic E-state index is 0.261. The van der Waals surface area contributed by atoms with E-state index in [-0.39, 0.29) is 5.91 Å². The van der Waals surface area contributed by atoms with Crippen molar-refractivity contribution in [1.82, 2.24) is 34.8 Å². The van der Waals surface area contributed by atoms with Crippen LogP contribution in [0.5, 0.6) is 0 Å². The third kappa shape index (κ3) is 2.69. The van der Waals surface area contributed by atoms with E-state index in [9.17, 15) is 4.79 Å². The molecule has 3 aromatic heterocycles. The summed E-state index contributed by atoms with van der Waals surface area (Å²) in [5.41, 5.74) is 3.06. The molecule has 0 aliphatic rings. The molecule has 0 bridgehead atoms. The maximum atomic E-state index is 12.8. The van der Waals surface area contributed by atoms with Crippen molar-refractivity contribution in [2.75, 3.05) is 5.32 Å². The highest BCUT2D eigenvalue weighted by Crippen LogP contribution is 2.21. The van der Waals surface area contributed by atoms with Gasteiger partial charge in [-0.15, -0.1) is 5.10 Å². The predicted octanol–water partition coefficient (Wildman–Crippen LogP) is 1.96. The second-order valence-corrected chi connectivity index (χ2v) is 5.70. The number of anilines is 1. The first-order chi connectivity index (χ1) is 12.7. The molecule has 0 aliphatic carbocycles. The Balaban J connectivity index is 1.66. The third-order valence-corrected chi connectivity index (χ3v) is 4.01. The van der Waals surface area contributed by atoms with Gasteiger partial charge in [0.1, 0.15) is 5.56 Å². The number of fused-ring (bicyclic) bond motifs is 1. The lowest BCUT2D eigenvalue weighted by Gasteiger charge is -2.07. The number of amides is 1. The van der Waals surface area contributed by atoms with E-state index in [4.69, 9.17) is 0 Å². The lowest BCUT2D eigenvalue weighted by molar-refractivity contribution is 0.102. The molecule has 4 aromatic rings. The van der Waals surface area contributed by atoms with Gasteiger partial charge in [0, 0.05) is 30.2 Å². The normalized spacial score (nSPS) is 11.0. The van der Waals surface area contributed by atoms with E-state index < -0.39 is 0 Å². The van der Waals surface area contributed by atoms with E-state index in [1.807, 2.05) is 31.2 Å². The molecule has 0 spiro atoms. The number of hydrogen-bond donors (Lipinski definition) is 1. The molecule has 0 aliphatic heterocycles. The van der Waals surface area contributed by atoms with E-state index in [0.717, 1.165) is 5.56 Å². The highest BCUT2D eigenvalue weighted by atomic mass is 16.1. The quantitative estimate of drug-likeness (QED) is 0.605. The summed E-state index contributed by atoms with van der Waals surface area (Å²) in [5.74, 6) is 0.390. The summed E-state index contributed by atoms with van der Waals surface area (Å²) in [7, 11) is 0. The molecule has 9 nitrogen and oxygen atoms in total. The van der Waals surface area contributed by atoms with Gasteiger partial charge in [-0.05, 0) is 42.5 Å². The Morgan fingerprint density at radius 1 is 1.27 bits per heavy atom. The second kappa shape index (κ2) is 6.36. The van der Waals surface area contributed by atoms with Crippen LogP contribution in [0.15, 0.2) is 42.7 Å². The lowest BCUT2D eigenvalue weighted by Crippen LogP contribution is -2.13. The molecular formula is C17H16N8O. The molecule has 0 atom stereocenters. The fourth-order valence-corrected chi connectivity index (χ4v) is 2.82. The van der Waals surface area contributed by atoms with E-state index in [1.165, 1.54) is 0 Å². The first-order valence-electron chi connectivity index (χ1n) is 8.15. The molecule has 4 rings (SSSR count). The SMILES string of the molecule is CCn1nnnc1-c1cccc(NC(=O)c2c(C)nn3cccnc23)c1. The number of hydrogen-bond acceptors (Lipinski definition) is 6. The van der Waals surface area contributed by atoms with Crippen LogP contribution in [0.25, 0.3) is 17.0 Å². The highest BCUT2D eigenvalue weighted by molar-refractivity contribution is 6.09. The Labute approximate surface area is 148 Å². The monoisotopic (exact) mass is 348 g/mol. The van der Waals surface area contributed by atoms with Crippen LogP contribution in [0.1, 0.15) is 23.0 Å². The van der Waals surface area contributed by atoms with Crippen molar-refractivity contribution in [2.24, 2.45) is 0 Å². The summed E-state index contributed by atoms with van der Waals surface area (Å²) >= 11 is 0. The maximum Gasteiger partial charge on any atom is 0.261 e. The summed E-state index contributed by atoms with van der Waals surface area (Å²) < 4.78 is 3.29. The number of aromatic nitrogens is 7. The van der Waals surface area contributed by atoms with Gasteiger partial charge in [0.05, 0.1) is 5.69 Å². The Kier molecular flexibility index (Phi) is 3.88. The number of carbonyl (C=O) groups excluding carboxylic acids is 1. The van der Waals surface area contributed by atoms with Crippen LogP contribution in [0.2, 0.25) is 0 Å². The zero-order valence-electron chi connectivity index (χ0n) is 14.3. The molecule has 0 radical (unpaired) electrons. The average Bonchev–Trinajstić information content (AvgIpc) is 3.25. The van der Waals surface area contributed by atoms with Gasteiger partial charge in [-0.1, -0.05) is 12.1 Å². The van der Waals surface area contributed by atoms with Crippen molar-refractivity contribution < 1.29 is 4.79 Å². The maximum absolute atomic E-state index is 12.8. The number of benzene rings is 1. The van der Waals surface area contributed by atoms with Crippen LogP contribution in [0.3, 0.4) is 0 Å². The summed E-state index contributed by atoms with van der Waals surface area (Å²) in [6, 6.07) is 9.17. The van der Waals surface area contributed by atoms with Crippen molar-refractivity contribution in [3.63, 3.8) is 0 Å². The molecule has 26 heavy (non-hydrogen) atoms. The van der Waals surface area contributed by atoms with E-state index in [1.54, 1.807) is 34.6 Å². The number of tetrazole rings is 1. The second-order valence-electron chi connectivity index (χ2n) is 5.70. The van der Waals surface area contributed by atoms with Crippen molar-refractivity contribution in [1.29, 1.82) is 0 Å². The van der Waals surface area contributed by atoms with Crippen LogP contribution >= 0.6 is 0 Å². The Morgan fingerprint density at radius 2 is 2.15 bits per heavy atom. The van der Waals surface area contributed by atoms with Crippen molar-refractivity contribution in [3.05, 3.63) is 54.0 Å². The van der Waals surface area contributed by atoms with Gasteiger partial charge in [0.25, 0.3) is 5.91 Å². The number of nitrogens with one attached hydrogen (secondary N) is 1. The van der Waals surface area contributed by atoms with Crippen molar-refractivity contribution in [2.45, 2.75) is 20.4 Å². The van der Waals surface area contributed by atoms with E-state index in [2.05, 4.69) is 30.9 Å². The van der Waals surface area contributed by atoms with Crippen molar-refractivity contribution >= 4 is 17.2 Å². The standard InChI is InChI=1S/C17H16N8O/c1-3-24-15(20-22-23-24)12-6-4-7-13(10-12)19-17(26)14-11(2)21-25-9-5-8-18-16(14)25/h4-10H,3H2,1-2H3,(H,19,26). The van der Waals surface area contributed by atoms with Crippen LogP contribution < -0.4 is 5.32 Å². The Morgan fingerprint density at radius 3 is 3.00 bits per heavy atom. The smallest absolute Gasteiger partial charge is 0.261 e. The van der Waals surface area contributed by atoms with Gasteiger partial charge in [0.15, 0.2) is 11.5 Å². The summed E-state index contributed by atoms with van der Waals surface area (Å²) in [6.07, 6.45) is 3.40. The predicted molar refractivity (Wildman–Crippen MR) is 94.6 cm³/mol. The number of carbonyl (C=O) groups is 1. The molecule has 3 heterocycles. The van der Waals surface area contributed by atoms with Gasteiger partial charge >= 0.3 is 0 Å². The fourth-order valence-electron chi connectivity index (χ4n) is 2.82. The first-order valence-corrected chi connectivity index (χ1v) is 8.15. The molecule has 130 valence electrons. The van der Waals surface area contributed by atoms with Gasteiger partial charge in [-0.3, -0.25) is 4.79 Å². The summed E-state index contributed by atoms with van der Waals surface area (Å²) in [6.45, 7) is 4.41. The molecule has 0 saturated carbocycles. The van der Waals surface area contributed by atoms with E-state index >= 15 is 0 Å². The van der Waals surface area contributed by atoms with Gasteiger partial charge < -0.3 is 5.32 Å². The first kappa shape index (κ1) is 15.9. The third-order valence-electron chi connectivity index (χ3n) is 4.01. The molecule has 1 N–H and O–H groups in total. The molecule has 0 fully saturated rings. The van der Waals surface area contributed by atoms with Gasteiger partial charge in [-0.2, -0.15) is 5.10 Å². The summed E-state index contributed by atoms with van der Waals surface area (Å²) in [5, 5.41) is 18.9. The molecule has 1 aromatic carbocycles. The van der Waals surface area contributed by atoms with Crippen molar-refractivity contribution in [3.8, 4) is 11.4 Å². The number of rotatable bonds is 4. The number of nitrogens with zero attached hydrogens (tertiary/aromatic N) is 7. The highest BCUT2D eigenvalue weighted by Gasteiger charge is 2.18. The topological polar surface area (TPSA) is 103 Å². The van der Waals surface area contributed by atoms with Gasteiger partial charge in [0.2, 0.25) is 0 Å². The number of aryl methyl sites for hydroxylation is 2. The van der Waals surface area contributed by atoms with Crippen LogP contribution in [0, 0.1) is 6.92 Å². The van der Waals surface area contributed by atoms with Crippen LogP contribution in [0.4, 0.5) is 5.69 Å². The Bertz CT molecular complexity index is 1100. The Hall–Kier alpha value is -3.62. The molecule has 0 unspecified atom stereocenters. The van der Waals surface area contributed by atoms with Crippen LogP contribution in [-0.4, -0.2) is 40.7 Å². The van der Waals surface area contributed by atoms with Crippen LogP contribution in [-0.2, 0) is 6.54 Å². The fraction of sp³-hybridized carbons (Fsp3) is 0.176. The molecule has 9 heteroatoms. The minimum atomic E-state index is -0.261. The largest absolute Gasteiger partial charge is 0.322 e. The lowest BCUT2D eigenvalue weighted by atomic mass is 10.1. The molecular weight excluding hydrogens is 332 g/mol. The van der Waals surface area contributed by atoms with Gasteiger partial charge in [-0.25, -0.2) is 14.2 Å². The van der Waals surface area contributed by atoms with E-state index in [0.29, 0.717) is 35.0 Å². The molecule has 0 saturated heterocycles. The zero-order chi connectivity index (χ0) is 18.1.